The number of nitrogens with one attached hydrogen (secondary N) is 1. The van der Waals surface area contributed by atoms with Crippen LogP contribution < -0.4 is 4.72 Å². The minimum Gasteiger partial charge on any atom is -0.258 e. The summed E-state index contributed by atoms with van der Waals surface area (Å²) in [4.78, 5) is 9.64. The highest BCUT2D eigenvalue weighted by atomic mass is 32.2. The number of nitro groups is 1. The summed E-state index contributed by atoms with van der Waals surface area (Å²) in [6.07, 6.45) is 0.310. The van der Waals surface area contributed by atoms with Crippen molar-refractivity contribution < 1.29 is 13.3 Å². The first-order valence-corrected chi connectivity index (χ1v) is 6.55. The number of benzene rings is 1. The summed E-state index contributed by atoms with van der Waals surface area (Å²) in [5, 5.41) is 19.2. The molecule has 0 radical (unpaired) electrons. The summed E-state index contributed by atoms with van der Waals surface area (Å²) in [5.74, 6) is 0. The topological polar surface area (TPSA) is 113 Å². The van der Waals surface area contributed by atoms with Crippen LogP contribution in [0.3, 0.4) is 0 Å². The SMILES string of the molecule is CCC(C#N)NS(=O)(=O)c1cccc([N+](=O)[O-])c1. The first kappa shape index (κ1) is 14.1. The highest BCUT2D eigenvalue weighted by Crippen LogP contribution is 2.17. The lowest BCUT2D eigenvalue weighted by Crippen LogP contribution is -2.33. The number of hydrogen-bond acceptors (Lipinski definition) is 5. The van der Waals surface area contributed by atoms with Crippen molar-refractivity contribution in [3.8, 4) is 6.07 Å². The second kappa shape index (κ2) is 5.57. The van der Waals surface area contributed by atoms with Gasteiger partial charge in [-0.15, -0.1) is 0 Å². The van der Waals surface area contributed by atoms with Gasteiger partial charge in [0, 0.05) is 12.1 Å². The maximum absolute atomic E-state index is 11.9. The maximum Gasteiger partial charge on any atom is 0.270 e. The van der Waals surface area contributed by atoms with Gasteiger partial charge in [0.15, 0.2) is 0 Å². The fourth-order valence-electron chi connectivity index (χ4n) is 1.22. The van der Waals surface area contributed by atoms with Gasteiger partial charge in [0.2, 0.25) is 10.0 Å². The number of rotatable bonds is 5. The van der Waals surface area contributed by atoms with Crippen LogP contribution in [0.5, 0.6) is 0 Å². The smallest absolute Gasteiger partial charge is 0.258 e. The van der Waals surface area contributed by atoms with Gasteiger partial charge in [0.05, 0.1) is 15.9 Å². The van der Waals surface area contributed by atoms with Gasteiger partial charge in [-0.05, 0) is 12.5 Å². The Bertz CT molecular complexity index is 591. The van der Waals surface area contributed by atoms with Gasteiger partial charge in [-0.2, -0.15) is 9.98 Å². The van der Waals surface area contributed by atoms with E-state index in [4.69, 9.17) is 5.26 Å². The molecule has 1 N–H and O–H groups in total. The van der Waals surface area contributed by atoms with E-state index in [0.29, 0.717) is 6.42 Å². The molecule has 0 saturated heterocycles. The van der Waals surface area contributed by atoms with E-state index in [-0.39, 0.29) is 10.6 Å². The molecule has 0 aromatic heterocycles. The van der Waals surface area contributed by atoms with Crippen molar-refractivity contribution in [3.05, 3.63) is 34.4 Å². The molecule has 1 unspecified atom stereocenters. The Hall–Kier alpha value is -1.98. The van der Waals surface area contributed by atoms with E-state index in [1.165, 1.54) is 18.2 Å². The Balaban J connectivity index is 3.10. The third-order valence-electron chi connectivity index (χ3n) is 2.20. The Labute approximate surface area is 104 Å². The van der Waals surface area contributed by atoms with Crippen LogP contribution in [0.2, 0.25) is 0 Å². The van der Waals surface area contributed by atoms with Crippen LogP contribution in [0.1, 0.15) is 13.3 Å². The lowest BCUT2D eigenvalue weighted by molar-refractivity contribution is -0.385. The zero-order chi connectivity index (χ0) is 13.8. The van der Waals surface area contributed by atoms with Crippen LogP contribution in [-0.2, 0) is 10.0 Å². The van der Waals surface area contributed by atoms with Gasteiger partial charge >= 0.3 is 0 Å². The second-order valence-corrected chi connectivity index (χ2v) is 5.18. The monoisotopic (exact) mass is 269 g/mol. The van der Waals surface area contributed by atoms with Gasteiger partial charge in [-0.1, -0.05) is 13.0 Å². The standard InChI is InChI=1S/C10H11N3O4S/c1-2-8(7-11)12-18(16,17)10-5-3-4-9(6-10)13(14)15/h3-6,8,12H,2H2,1H3. The Morgan fingerprint density at radius 1 is 1.56 bits per heavy atom. The molecule has 1 aromatic rings. The van der Waals surface area contributed by atoms with Crippen molar-refractivity contribution in [3.63, 3.8) is 0 Å². The number of sulfonamides is 1. The summed E-state index contributed by atoms with van der Waals surface area (Å²) in [6, 6.07) is 5.60. The Morgan fingerprint density at radius 2 is 2.22 bits per heavy atom. The van der Waals surface area contributed by atoms with E-state index in [1.807, 2.05) is 0 Å². The first-order chi connectivity index (χ1) is 8.40. The third-order valence-corrected chi connectivity index (χ3v) is 3.67. The summed E-state index contributed by atoms with van der Waals surface area (Å²) in [7, 11) is -3.92. The molecule has 1 aromatic carbocycles. The molecule has 1 atom stereocenters. The van der Waals surface area contributed by atoms with Crippen molar-refractivity contribution in [2.45, 2.75) is 24.3 Å². The van der Waals surface area contributed by atoms with Crippen molar-refractivity contribution in [1.29, 1.82) is 5.26 Å². The predicted octanol–water partition coefficient (Wildman–Crippen LogP) is 1.18. The van der Waals surface area contributed by atoms with Crippen LogP contribution in [0.25, 0.3) is 0 Å². The minimum absolute atomic E-state index is 0.231. The van der Waals surface area contributed by atoms with Crippen LogP contribution in [0.4, 0.5) is 5.69 Å². The van der Waals surface area contributed by atoms with Crippen molar-refractivity contribution in [2.75, 3.05) is 0 Å². The summed E-state index contributed by atoms with van der Waals surface area (Å²) in [5.41, 5.74) is -0.317. The number of hydrogen-bond donors (Lipinski definition) is 1. The van der Waals surface area contributed by atoms with E-state index >= 15 is 0 Å². The lowest BCUT2D eigenvalue weighted by atomic mass is 10.3. The number of non-ortho nitro benzene ring substituents is 1. The Morgan fingerprint density at radius 3 is 2.72 bits per heavy atom. The molecule has 0 saturated carbocycles. The number of nitriles is 1. The average Bonchev–Trinajstić information content (AvgIpc) is 2.36. The zero-order valence-corrected chi connectivity index (χ0v) is 10.3. The molecular weight excluding hydrogens is 258 g/mol. The quantitative estimate of drug-likeness (QED) is 0.636. The minimum atomic E-state index is -3.92. The molecule has 0 fully saturated rings. The maximum atomic E-state index is 11.9. The molecule has 0 heterocycles. The normalized spacial score (nSPS) is 12.7. The molecule has 0 aliphatic carbocycles. The van der Waals surface area contributed by atoms with Crippen LogP contribution in [-0.4, -0.2) is 19.4 Å². The van der Waals surface area contributed by atoms with Gasteiger partial charge in [-0.3, -0.25) is 10.1 Å². The second-order valence-electron chi connectivity index (χ2n) is 3.47. The van der Waals surface area contributed by atoms with E-state index in [0.717, 1.165) is 6.07 Å². The summed E-state index contributed by atoms with van der Waals surface area (Å²) >= 11 is 0. The van der Waals surface area contributed by atoms with E-state index in [1.54, 1.807) is 13.0 Å². The first-order valence-electron chi connectivity index (χ1n) is 5.07. The molecule has 1 rings (SSSR count). The van der Waals surface area contributed by atoms with Crippen LogP contribution in [0, 0.1) is 21.4 Å². The fourth-order valence-corrected chi connectivity index (χ4v) is 2.48. The molecular formula is C10H11N3O4S. The number of nitrogens with zero attached hydrogens (tertiary/aromatic N) is 2. The largest absolute Gasteiger partial charge is 0.270 e. The molecule has 7 nitrogen and oxygen atoms in total. The average molecular weight is 269 g/mol. The molecule has 0 spiro atoms. The highest BCUT2D eigenvalue weighted by Gasteiger charge is 2.20. The van der Waals surface area contributed by atoms with Gasteiger partial charge in [0.25, 0.3) is 5.69 Å². The molecule has 0 aliphatic rings. The van der Waals surface area contributed by atoms with Crippen molar-refractivity contribution >= 4 is 15.7 Å². The third kappa shape index (κ3) is 3.26. The van der Waals surface area contributed by atoms with Crippen molar-refractivity contribution in [1.82, 2.24) is 4.72 Å². The molecule has 96 valence electrons. The van der Waals surface area contributed by atoms with E-state index < -0.39 is 21.0 Å². The van der Waals surface area contributed by atoms with Crippen LogP contribution in [0.15, 0.2) is 29.2 Å². The Kier molecular flexibility index (Phi) is 4.36. The van der Waals surface area contributed by atoms with E-state index in [2.05, 4.69) is 4.72 Å². The summed E-state index contributed by atoms with van der Waals surface area (Å²) < 4.78 is 25.9. The molecule has 0 amide bonds. The summed E-state index contributed by atoms with van der Waals surface area (Å²) in [6.45, 7) is 1.66. The molecule has 0 aliphatic heterocycles. The number of nitro benzene ring substituents is 1. The van der Waals surface area contributed by atoms with Crippen molar-refractivity contribution in [2.24, 2.45) is 0 Å². The predicted molar refractivity (Wildman–Crippen MR) is 63.1 cm³/mol. The molecule has 18 heavy (non-hydrogen) atoms. The lowest BCUT2D eigenvalue weighted by Gasteiger charge is -2.09. The van der Waals surface area contributed by atoms with E-state index in [9.17, 15) is 18.5 Å². The highest BCUT2D eigenvalue weighted by molar-refractivity contribution is 7.89. The van der Waals surface area contributed by atoms with Gasteiger partial charge < -0.3 is 0 Å². The van der Waals surface area contributed by atoms with Gasteiger partial charge in [-0.25, -0.2) is 8.42 Å². The fraction of sp³-hybridized carbons (Fsp3) is 0.300. The van der Waals surface area contributed by atoms with Crippen LogP contribution >= 0.6 is 0 Å². The molecule has 0 bridgehead atoms. The van der Waals surface area contributed by atoms with Gasteiger partial charge in [0.1, 0.15) is 6.04 Å². The zero-order valence-electron chi connectivity index (χ0n) is 9.53. The molecule has 8 heteroatoms.